The van der Waals surface area contributed by atoms with Gasteiger partial charge >= 0.3 is 6.18 Å². The van der Waals surface area contributed by atoms with Gasteiger partial charge in [-0.25, -0.2) is 15.0 Å². The highest BCUT2D eigenvalue weighted by molar-refractivity contribution is 6.00. The van der Waals surface area contributed by atoms with Crippen LogP contribution in [0, 0.1) is 0 Å². The van der Waals surface area contributed by atoms with Crippen LogP contribution in [0.25, 0.3) is 33.3 Å². The predicted molar refractivity (Wildman–Crippen MR) is 78.2 cm³/mol. The van der Waals surface area contributed by atoms with Gasteiger partial charge in [-0.2, -0.15) is 13.2 Å². The van der Waals surface area contributed by atoms with Crippen LogP contribution in [0.3, 0.4) is 0 Å². The van der Waals surface area contributed by atoms with E-state index in [1.165, 1.54) is 36.9 Å². The Morgan fingerprint density at radius 2 is 1.88 bits per heavy atom. The van der Waals surface area contributed by atoms with Gasteiger partial charge in [0.1, 0.15) is 17.6 Å². The van der Waals surface area contributed by atoms with Crippen LogP contribution in [0.2, 0.25) is 0 Å². The second-order valence-corrected chi connectivity index (χ2v) is 5.02. The van der Waals surface area contributed by atoms with E-state index in [1.807, 2.05) is 0 Å². The van der Waals surface area contributed by atoms with Crippen molar-refractivity contribution in [2.24, 2.45) is 0 Å². The van der Waals surface area contributed by atoms with Crippen LogP contribution >= 0.6 is 0 Å². The quantitative estimate of drug-likeness (QED) is 0.579. The number of nitrogens with one attached hydrogen (secondary N) is 1. The normalized spacial score (nSPS) is 12.1. The fraction of sp³-hybridized carbons (Fsp3) is 0.0667. The molecule has 9 heteroatoms. The molecule has 1 N–H and O–H groups in total. The highest BCUT2D eigenvalue weighted by Crippen LogP contribution is 2.31. The van der Waals surface area contributed by atoms with E-state index < -0.39 is 17.4 Å². The van der Waals surface area contributed by atoms with Crippen LogP contribution in [-0.4, -0.2) is 19.9 Å². The minimum atomic E-state index is -4.63. The first-order chi connectivity index (χ1) is 11.4. The number of imidazole rings is 1. The van der Waals surface area contributed by atoms with Crippen molar-refractivity contribution >= 4 is 22.0 Å². The fourth-order valence-electron chi connectivity index (χ4n) is 2.39. The minimum absolute atomic E-state index is 0.0226. The Bertz CT molecular complexity index is 1120. The summed E-state index contributed by atoms with van der Waals surface area (Å²) in [5.41, 5.74) is 0.0781. The average Bonchev–Trinajstić information content (AvgIpc) is 3.00. The Morgan fingerprint density at radius 1 is 1.12 bits per heavy atom. The van der Waals surface area contributed by atoms with Crippen LogP contribution in [0.5, 0.6) is 0 Å². The number of nitrogens with zero attached hydrogens (tertiary/aromatic N) is 3. The number of aromatic nitrogens is 4. The molecule has 1 aromatic carbocycles. The molecule has 0 fully saturated rings. The van der Waals surface area contributed by atoms with E-state index >= 15 is 0 Å². The van der Waals surface area contributed by atoms with Crippen LogP contribution in [0.15, 0.2) is 46.1 Å². The summed E-state index contributed by atoms with van der Waals surface area (Å²) in [5.74, 6) is -1.00. The van der Waals surface area contributed by atoms with Crippen molar-refractivity contribution in [1.82, 2.24) is 19.9 Å². The molecule has 4 aromatic rings. The summed E-state index contributed by atoms with van der Waals surface area (Å²) in [5, 5.41) is 0.142. The Balaban J connectivity index is 2.06. The minimum Gasteiger partial charge on any atom is -0.453 e. The number of halogens is 3. The van der Waals surface area contributed by atoms with Crippen molar-refractivity contribution in [1.29, 1.82) is 0 Å². The van der Waals surface area contributed by atoms with Gasteiger partial charge in [-0.15, -0.1) is 0 Å². The van der Waals surface area contributed by atoms with E-state index in [-0.39, 0.29) is 27.8 Å². The zero-order chi connectivity index (χ0) is 16.9. The summed E-state index contributed by atoms with van der Waals surface area (Å²) >= 11 is 0. The molecule has 0 radical (unpaired) electrons. The molecule has 0 saturated carbocycles. The lowest BCUT2D eigenvalue weighted by Crippen LogP contribution is -2.06. The summed E-state index contributed by atoms with van der Waals surface area (Å²) in [4.78, 5) is 25.6. The molecule has 6 nitrogen and oxygen atoms in total. The van der Waals surface area contributed by atoms with Gasteiger partial charge in [-0.1, -0.05) is 0 Å². The molecule has 4 rings (SSSR count). The van der Waals surface area contributed by atoms with Crippen molar-refractivity contribution in [2.45, 2.75) is 6.18 Å². The molecule has 0 unspecified atom stereocenters. The molecule has 0 bridgehead atoms. The van der Waals surface area contributed by atoms with E-state index in [2.05, 4.69) is 19.9 Å². The van der Waals surface area contributed by atoms with Crippen molar-refractivity contribution in [2.75, 3.05) is 0 Å². The fourth-order valence-corrected chi connectivity index (χ4v) is 2.39. The summed E-state index contributed by atoms with van der Waals surface area (Å²) < 4.78 is 44.2. The number of aromatic amines is 1. The number of alkyl halides is 3. The molecule has 24 heavy (non-hydrogen) atoms. The van der Waals surface area contributed by atoms with Gasteiger partial charge in [-0.3, -0.25) is 4.79 Å². The second-order valence-electron chi connectivity index (χ2n) is 5.02. The molecular formula is C15H7F3N4O2. The highest BCUT2D eigenvalue weighted by atomic mass is 19.4. The topological polar surface area (TPSA) is 84.7 Å². The Kier molecular flexibility index (Phi) is 2.92. The van der Waals surface area contributed by atoms with Crippen molar-refractivity contribution in [3.8, 4) is 11.3 Å². The van der Waals surface area contributed by atoms with Gasteiger partial charge in [0.2, 0.25) is 5.82 Å². The molecule has 0 aliphatic heterocycles. The molecule has 0 amide bonds. The lowest BCUT2D eigenvalue weighted by molar-refractivity contribution is -0.144. The first-order valence-electron chi connectivity index (χ1n) is 6.72. The molecular weight excluding hydrogens is 325 g/mol. The first-order valence-corrected chi connectivity index (χ1v) is 6.72. The Hall–Kier alpha value is -3.23. The molecule has 0 spiro atoms. The SMILES string of the molecule is O=c1cc(-c2cncnc2)oc2c1ccc1[nH]c(C(F)(F)F)nc12. The van der Waals surface area contributed by atoms with Gasteiger partial charge in [-0.05, 0) is 12.1 Å². The van der Waals surface area contributed by atoms with Crippen LogP contribution in [0.4, 0.5) is 13.2 Å². The lowest BCUT2D eigenvalue weighted by atomic mass is 10.1. The molecule has 0 aliphatic rings. The zero-order valence-corrected chi connectivity index (χ0v) is 11.8. The molecule has 120 valence electrons. The summed E-state index contributed by atoms with van der Waals surface area (Å²) in [7, 11) is 0. The summed E-state index contributed by atoms with van der Waals surface area (Å²) in [6, 6.07) is 4.00. The molecule has 0 saturated heterocycles. The van der Waals surface area contributed by atoms with Crippen molar-refractivity contribution in [3.05, 3.63) is 53.0 Å². The maximum absolute atomic E-state index is 12.8. The van der Waals surface area contributed by atoms with Gasteiger partial charge < -0.3 is 9.40 Å². The smallest absolute Gasteiger partial charge is 0.449 e. The molecule has 0 atom stereocenters. The summed E-state index contributed by atoms with van der Waals surface area (Å²) in [6.07, 6.45) is -0.452. The second kappa shape index (κ2) is 4.88. The van der Waals surface area contributed by atoms with E-state index in [0.29, 0.717) is 5.56 Å². The van der Waals surface area contributed by atoms with Crippen LogP contribution in [0.1, 0.15) is 5.82 Å². The number of hydrogen-bond donors (Lipinski definition) is 1. The number of rotatable bonds is 1. The highest BCUT2D eigenvalue weighted by Gasteiger charge is 2.35. The predicted octanol–water partition coefficient (Wildman–Crippen LogP) is 3.15. The third kappa shape index (κ3) is 2.21. The van der Waals surface area contributed by atoms with Gasteiger partial charge in [0.15, 0.2) is 11.0 Å². The van der Waals surface area contributed by atoms with Crippen LogP contribution < -0.4 is 5.43 Å². The molecule has 0 aliphatic carbocycles. The number of hydrogen-bond acceptors (Lipinski definition) is 5. The Labute approximate surface area is 131 Å². The standard InChI is InChI=1S/C15H7F3N4O2/c16-15(17,18)14-21-9-2-1-8-10(23)3-11(7-4-19-6-20-5-7)24-13(8)12(9)22-14/h1-6H,(H,21,22). The maximum Gasteiger partial charge on any atom is 0.449 e. The molecule has 3 heterocycles. The third-order valence-electron chi connectivity index (χ3n) is 3.46. The van der Waals surface area contributed by atoms with E-state index in [0.717, 1.165) is 0 Å². The van der Waals surface area contributed by atoms with Gasteiger partial charge in [0, 0.05) is 18.5 Å². The van der Waals surface area contributed by atoms with Gasteiger partial charge in [0.05, 0.1) is 16.5 Å². The van der Waals surface area contributed by atoms with Crippen molar-refractivity contribution < 1.29 is 17.6 Å². The summed E-state index contributed by atoms with van der Waals surface area (Å²) in [6.45, 7) is 0. The molecule has 3 aromatic heterocycles. The largest absolute Gasteiger partial charge is 0.453 e. The van der Waals surface area contributed by atoms with E-state index in [9.17, 15) is 18.0 Å². The van der Waals surface area contributed by atoms with E-state index in [1.54, 1.807) is 0 Å². The van der Waals surface area contributed by atoms with E-state index in [4.69, 9.17) is 4.42 Å². The monoisotopic (exact) mass is 332 g/mol. The number of benzene rings is 1. The third-order valence-corrected chi connectivity index (χ3v) is 3.46. The van der Waals surface area contributed by atoms with Crippen molar-refractivity contribution in [3.63, 3.8) is 0 Å². The van der Waals surface area contributed by atoms with Gasteiger partial charge in [0.25, 0.3) is 0 Å². The maximum atomic E-state index is 12.8. The first kappa shape index (κ1) is 14.4. The average molecular weight is 332 g/mol. The zero-order valence-electron chi connectivity index (χ0n) is 11.8. The number of H-pyrrole nitrogens is 1. The Morgan fingerprint density at radius 3 is 2.58 bits per heavy atom. The lowest BCUT2D eigenvalue weighted by Gasteiger charge is -2.02. The van der Waals surface area contributed by atoms with Crippen LogP contribution in [-0.2, 0) is 6.18 Å². The number of fused-ring (bicyclic) bond motifs is 3.